The minimum absolute atomic E-state index is 0.980. The molecule has 13 heavy (non-hydrogen) atoms. The summed E-state index contributed by atoms with van der Waals surface area (Å²) >= 11 is 0. The molecule has 1 heterocycles. The van der Waals surface area contributed by atoms with E-state index < -0.39 is 0 Å². The first-order valence-electron chi connectivity index (χ1n) is 4.38. The van der Waals surface area contributed by atoms with E-state index in [0.717, 1.165) is 22.4 Å². The van der Waals surface area contributed by atoms with E-state index >= 15 is 0 Å². The van der Waals surface area contributed by atoms with Crippen LogP contribution in [0.1, 0.15) is 17.0 Å². The number of aromatic nitrogens is 2. The summed E-state index contributed by atoms with van der Waals surface area (Å²) in [6.45, 7) is 6.04. The molecule has 0 spiro atoms. The number of rotatable bonds is 0. The van der Waals surface area contributed by atoms with Crippen molar-refractivity contribution in [3.05, 3.63) is 35.2 Å². The van der Waals surface area contributed by atoms with Crippen LogP contribution in [0.4, 0.5) is 0 Å². The molecule has 2 heteroatoms. The van der Waals surface area contributed by atoms with Crippen molar-refractivity contribution in [2.45, 2.75) is 20.8 Å². The van der Waals surface area contributed by atoms with Crippen molar-refractivity contribution in [1.29, 1.82) is 0 Å². The first-order chi connectivity index (χ1) is 6.16. The molecule has 1 aromatic carbocycles. The van der Waals surface area contributed by atoms with Gasteiger partial charge in [-0.25, -0.2) is 9.97 Å². The molecule has 0 radical (unpaired) electrons. The number of nitrogens with zero attached hydrogens (tertiary/aromatic N) is 2. The van der Waals surface area contributed by atoms with Crippen molar-refractivity contribution in [3.8, 4) is 0 Å². The third-order valence-electron chi connectivity index (χ3n) is 2.23. The van der Waals surface area contributed by atoms with E-state index in [0.29, 0.717) is 0 Å². The minimum Gasteiger partial charge on any atom is -0.250 e. The average molecular weight is 172 g/mol. The maximum Gasteiger partial charge on any atom is 0.0892 e. The lowest BCUT2D eigenvalue weighted by Crippen LogP contribution is -1.93. The zero-order valence-electron chi connectivity index (χ0n) is 8.13. The van der Waals surface area contributed by atoms with Gasteiger partial charge in [0, 0.05) is 0 Å². The summed E-state index contributed by atoms with van der Waals surface area (Å²) in [5.74, 6) is 0. The molecule has 0 aliphatic rings. The van der Waals surface area contributed by atoms with Crippen molar-refractivity contribution in [3.63, 3.8) is 0 Å². The molecule has 66 valence electrons. The van der Waals surface area contributed by atoms with Crippen molar-refractivity contribution in [1.82, 2.24) is 9.97 Å². The van der Waals surface area contributed by atoms with Crippen LogP contribution in [0.5, 0.6) is 0 Å². The van der Waals surface area contributed by atoms with Gasteiger partial charge in [0.2, 0.25) is 0 Å². The molecule has 0 amide bonds. The minimum atomic E-state index is 0.980. The van der Waals surface area contributed by atoms with Crippen molar-refractivity contribution < 1.29 is 0 Å². The van der Waals surface area contributed by atoms with Gasteiger partial charge in [0.05, 0.1) is 22.4 Å². The van der Waals surface area contributed by atoms with Gasteiger partial charge in [-0.3, -0.25) is 0 Å². The molecule has 0 aliphatic heterocycles. The summed E-state index contributed by atoms with van der Waals surface area (Å²) in [4.78, 5) is 8.93. The monoisotopic (exact) mass is 172 g/mol. The van der Waals surface area contributed by atoms with Crippen LogP contribution < -0.4 is 0 Å². The first kappa shape index (κ1) is 8.17. The van der Waals surface area contributed by atoms with Crippen molar-refractivity contribution >= 4 is 11.0 Å². The highest BCUT2D eigenvalue weighted by molar-refractivity contribution is 5.75. The smallest absolute Gasteiger partial charge is 0.0892 e. The second-order valence-corrected chi connectivity index (χ2v) is 3.39. The van der Waals surface area contributed by atoms with Crippen molar-refractivity contribution in [2.75, 3.05) is 0 Å². The van der Waals surface area contributed by atoms with Crippen LogP contribution in [0.2, 0.25) is 0 Å². The predicted molar refractivity (Wildman–Crippen MR) is 53.7 cm³/mol. The van der Waals surface area contributed by atoms with E-state index in [1.54, 1.807) is 0 Å². The van der Waals surface area contributed by atoms with Gasteiger partial charge in [-0.2, -0.15) is 0 Å². The number of aryl methyl sites for hydroxylation is 3. The summed E-state index contributed by atoms with van der Waals surface area (Å²) in [5, 5.41) is 0. The van der Waals surface area contributed by atoms with E-state index in [-0.39, 0.29) is 0 Å². The maximum atomic E-state index is 4.47. The van der Waals surface area contributed by atoms with Gasteiger partial charge in [-0.15, -0.1) is 0 Å². The highest BCUT2D eigenvalue weighted by atomic mass is 14.8. The standard InChI is InChI=1S/C11H12N2/c1-7-4-5-10-11(6-7)13-9(3)8(2)12-10/h4-6H,1-3H3. The Morgan fingerprint density at radius 3 is 2.15 bits per heavy atom. The summed E-state index contributed by atoms with van der Waals surface area (Å²) in [5.41, 5.74) is 5.22. The predicted octanol–water partition coefficient (Wildman–Crippen LogP) is 2.56. The van der Waals surface area contributed by atoms with E-state index in [2.05, 4.69) is 29.0 Å². The Morgan fingerprint density at radius 1 is 0.846 bits per heavy atom. The lowest BCUT2D eigenvalue weighted by molar-refractivity contribution is 1.10. The molecule has 0 unspecified atom stereocenters. The quantitative estimate of drug-likeness (QED) is 0.610. The zero-order chi connectivity index (χ0) is 9.42. The van der Waals surface area contributed by atoms with Crippen LogP contribution in [0.3, 0.4) is 0 Å². The van der Waals surface area contributed by atoms with Gasteiger partial charge < -0.3 is 0 Å². The lowest BCUT2D eigenvalue weighted by atomic mass is 10.2. The molecule has 1 aromatic heterocycles. The molecule has 0 atom stereocenters. The molecule has 0 saturated carbocycles. The third kappa shape index (κ3) is 1.39. The molecule has 2 rings (SSSR count). The fourth-order valence-corrected chi connectivity index (χ4v) is 1.34. The molecule has 0 fully saturated rings. The van der Waals surface area contributed by atoms with Crippen molar-refractivity contribution in [2.24, 2.45) is 0 Å². The summed E-state index contributed by atoms with van der Waals surface area (Å²) in [7, 11) is 0. The zero-order valence-corrected chi connectivity index (χ0v) is 8.13. The van der Waals surface area contributed by atoms with E-state index in [1.807, 2.05) is 19.9 Å². The van der Waals surface area contributed by atoms with Crippen LogP contribution in [-0.2, 0) is 0 Å². The number of fused-ring (bicyclic) bond motifs is 1. The largest absolute Gasteiger partial charge is 0.250 e. The summed E-state index contributed by atoms with van der Waals surface area (Å²) < 4.78 is 0. The van der Waals surface area contributed by atoms with Crippen LogP contribution in [0.15, 0.2) is 18.2 Å². The average Bonchev–Trinajstić information content (AvgIpc) is 2.08. The Balaban J connectivity index is 2.81. The van der Waals surface area contributed by atoms with E-state index in [4.69, 9.17) is 0 Å². The molecular formula is C11H12N2. The molecular weight excluding hydrogens is 160 g/mol. The number of hydrogen-bond donors (Lipinski definition) is 0. The summed E-state index contributed by atoms with van der Waals surface area (Å²) in [6.07, 6.45) is 0. The second-order valence-electron chi connectivity index (χ2n) is 3.39. The Morgan fingerprint density at radius 2 is 1.46 bits per heavy atom. The number of benzene rings is 1. The number of hydrogen-bond acceptors (Lipinski definition) is 2. The van der Waals surface area contributed by atoms with Gasteiger partial charge in [-0.1, -0.05) is 6.07 Å². The molecule has 2 aromatic rings. The SMILES string of the molecule is Cc1ccc2nc(C)c(C)nc2c1. The van der Waals surface area contributed by atoms with Crippen LogP contribution in [0, 0.1) is 20.8 Å². The first-order valence-corrected chi connectivity index (χ1v) is 4.38. The van der Waals surface area contributed by atoms with Crippen LogP contribution in [-0.4, -0.2) is 9.97 Å². The Kier molecular flexibility index (Phi) is 1.76. The third-order valence-corrected chi connectivity index (χ3v) is 2.23. The van der Waals surface area contributed by atoms with Gasteiger partial charge in [-0.05, 0) is 38.5 Å². The fraction of sp³-hybridized carbons (Fsp3) is 0.273. The van der Waals surface area contributed by atoms with E-state index in [1.165, 1.54) is 5.56 Å². The second kappa shape index (κ2) is 2.80. The maximum absolute atomic E-state index is 4.47. The Bertz CT molecular complexity index is 461. The molecule has 0 aliphatic carbocycles. The summed E-state index contributed by atoms with van der Waals surface area (Å²) in [6, 6.07) is 6.14. The Labute approximate surface area is 77.6 Å². The highest BCUT2D eigenvalue weighted by Gasteiger charge is 2.00. The molecule has 0 bridgehead atoms. The Hall–Kier alpha value is -1.44. The normalized spacial score (nSPS) is 10.7. The lowest BCUT2D eigenvalue weighted by Gasteiger charge is -2.02. The molecule has 2 nitrogen and oxygen atoms in total. The molecule has 0 saturated heterocycles. The van der Waals surface area contributed by atoms with Crippen LogP contribution >= 0.6 is 0 Å². The van der Waals surface area contributed by atoms with Gasteiger partial charge >= 0.3 is 0 Å². The van der Waals surface area contributed by atoms with E-state index in [9.17, 15) is 0 Å². The van der Waals surface area contributed by atoms with Gasteiger partial charge in [0.25, 0.3) is 0 Å². The van der Waals surface area contributed by atoms with Crippen LogP contribution in [0.25, 0.3) is 11.0 Å². The van der Waals surface area contributed by atoms with Gasteiger partial charge in [0.1, 0.15) is 0 Å². The highest BCUT2D eigenvalue weighted by Crippen LogP contribution is 2.13. The topological polar surface area (TPSA) is 25.8 Å². The van der Waals surface area contributed by atoms with Gasteiger partial charge in [0.15, 0.2) is 0 Å². The fourth-order valence-electron chi connectivity index (χ4n) is 1.34. The molecule has 0 N–H and O–H groups in total.